The van der Waals surface area contributed by atoms with Crippen LogP contribution in [0.15, 0.2) is 47.4 Å². The van der Waals surface area contributed by atoms with Crippen LogP contribution in [0, 0.1) is 0 Å². The normalized spacial score (nSPS) is 10.9. The van der Waals surface area contributed by atoms with Crippen LogP contribution < -0.4 is 19.7 Å². The summed E-state index contributed by atoms with van der Waals surface area (Å²) >= 11 is 0. The first-order chi connectivity index (χ1) is 12.3. The molecule has 0 bridgehead atoms. The molecule has 0 aromatic heterocycles. The van der Waals surface area contributed by atoms with Gasteiger partial charge in [0.05, 0.1) is 19.1 Å². The van der Waals surface area contributed by atoms with Gasteiger partial charge in [0.25, 0.3) is 15.9 Å². The van der Waals surface area contributed by atoms with E-state index in [0.29, 0.717) is 11.5 Å². The third kappa shape index (κ3) is 4.58. The number of methoxy groups -OCH3 is 2. The van der Waals surface area contributed by atoms with Crippen LogP contribution in [0.5, 0.6) is 11.5 Å². The van der Waals surface area contributed by atoms with Crippen molar-refractivity contribution in [3.63, 3.8) is 0 Å². The Kier molecular flexibility index (Phi) is 5.96. The Bertz CT molecular complexity index is 918. The highest BCUT2D eigenvalue weighted by molar-refractivity contribution is 7.89. The number of carbonyl (C=O) groups is 2. The van der Waals surface area contributed by atoms with Crippen molar-refractivity contribution in [1.82, 2.24) is 10.3 Å². The van der Waals surface area contributed by atoms with Crippen LogP contribution in [0.3, 0.4) is 0 Å². The van der Waals surface area contributed by atoms with Gasteiger partial charge >= 0.3 is 0 Å². The van der Waals surface area contributed by atoms with Gasteiger partial charge in [-0.3, -0.25) is 15.0 Å². The van der Waals surface area contributed by atoms with Crippen molar-refractivity contribution in [2.24, 2.45) is 0 Å². The SMILES string of the molecule is COc1cc(OC)cc(C(=O)NNS(=O)(=O)c2cccc(C(C)=O)c2)c1. The molecule has 138 valence electrons. The van der Waals surface area contributed by atoms with Gasteiger partial charge in [-0.05, 0) is 31.2 Å². The maximum Gasteiger partial charge on any atom is 0.266 e. The summed E-state index contributed by atoms with van der Waals surface area (Å²) in [7, 11) is -1.18. The molecule has 0 fully saturated rings. The minimum Gasteiger partial charge on any atom is -0.497 e. The molecule has 0 aliphatic heterocycles. The molecular weight excluding hydrogens is 360 g/mol. The van der Waals surface area contributed by atoms with E-state index in [1.54, 1.807) is 6.07 Å². The average molecular weight is 378 g/mol. The van der Waals surface area contributed by atoms with E-state index in [2.05, 4.69) is 5.43 Å². The number of hydrogen-bond acceptors (Lipinski definition) is 6. The number of nitrogens with one attached hydrogen (secondary N) is 2. The highest BCUT2D eigenvalue weighted by Gasteiger charge is 2.17. The molecule has 0 saturated heterocycles. The largest absolute Gasteiger partial charge is 0.497 e. The first kappa shape index (κ1) is 19.4. The molecule has 2 aromatic rings. The van der Waals surface area contributed by atoms with E-state index in [-0.39, 0.29) is 21.8 Å². The Hall–Kier alpha value is -2.91. The van der Waals surface area contributed by atoms with Crippen LogP contribution in [0.4, 0.5) is 0 Å². The van der Waals surface area contributed by atoms with E-state index < -0.39 is 15.9 Å². The van der Waals surface area contributed by atoms with Crippen LogP contribution in [0.1, 0.15) is 27.6 Å². The summed E-state index contributed by atoms with van der Waals surface area (Å²) in [5, 5.41) is 0. The number of rotatable bonds is 7. The molecule has 0 atom stereocenters. The molecule has 9 heteroatoms. The number of ketones is 1. The second-order valence-electron chi connectivity index (χ2n) is 5.24. The Morgan fingerprint density at radius 1 is 0.923 bits per heavy atom. The standard InChI is InChI=1S/C17H18N2O6S/c1-11(20)12-5-4-6-16(9-12)26(22,23)19-18-17(21)13-7-14(24-2)10-15(8-13)25-3/h4-10,19H,1-3H3,(H,18,21). The predicted molar refractivity (Wildman–Crippen MR) is 93.8 cm³/mol. The van der Waals surface area contributed by atoms with E-state index in [9.17, 15) is 18.0 Å². The lowest BCUT2D eigenvalue weighted by atomic mass is 10.2. The zero-order chi connectivity index (χ0) is 19.3. The number of hydrogen-bond donors (Lipinski definition) is 2. The summed E-state index contributed by atoms with van der Waals surface area (Å²) in [6, 6.07) is 9.93. The number of Topliss-reactive ketones (excluding diaryl/α,β-unsaturated/α-hetero) is 1. The topological polar surface area (TPSA) is 111 Å². The van der Waals surface area contributed by atoms with Crippen molar-refractivity contribution >= 4 is 21.7 Å². The van der Waals surface area contributed by atoms with Crippen molar-refractivity contribution in [2.45, 2.75) is 11.8 Å². The summed E-state index contributed by atoms with van der Waals surface area (Å²) in [5.41, 5.74) is 2.50. The zero-order valence-electron chi connectivity index (χ0n) is 14.4. The monoisotopic (exact) mass is 378 g/mol. The van der Waals surface area contributed by atoms with Gasteiger partial charge in [0.15, 0.2) is 5.78 Å². The van der Waals surface area contributed by atoms with Gasteiger partial charge in [0.2, 0.25) is 0 Å². The molecule has 0 aliphatic rings. The van der Waals surface area contributed by atoms with E-state index >= 15 is 0 Å². The zero-order valence-corrected chi connectivity index (χ0v) is 15.2. The molecule has 0 radical (unpaired) electrons. The molecule has 0 aliphatic carbocycles. The number of amides is 1. The smallest absolute Gasteiger partial charge is 0.266 e. The molecule has 0 heterocycles. The van der Waals surface area contributed by atoms with Crippen molar-refractivity contribution in [2.75, 3.05) is 14.2 Å². The summed E-state index contributed by atoms with van der Waals surface area (Å²) in [6.45, 7) is 1.33. The second-order valence-corrected chi connectivity index (χ2v) is 6.93. The average Bonchev–Trinajstić information content (AvgIpc) is 2.65. The maximum absolute atomic E-state index is 12.3. The molecule has 2 N–H and O–H groups in total. The van der Waals surface area contributed by atoms with Crippen LogP contribution in [-0.4, -0.2) is 34.3 Å². The number of sulfonamides is 1. The van der Waals surface area contributed by atoms with Gasteiger partial charge in [0.1, 0.15) is 11.5 Å². The molecule has 1 amide bonds. The minimum atomic E-state index is -4.05. The van der Waals surface area contributed by atoms with Gasteiger partial charge in [0, 0.05) is 17.2 Å². The van der Waals surface area contributed by atoms with Crippen LogP contribution in [-0.2, 0) is 10.0 Å². The Morgan fingerprint density at radius 3 is 2.08 bits per heavy atom. The Labute approximate surface area is 151 Å². The fraction of sp³-hybridized carbons (Fsp3) is 0.176. The van der Waals surface area contributed by atoms with Crippen LogP contribution in [0.25, 0.3) is 0 Å². The first-order valence-electron chi connectivity index (χ1n) is 7.43. The van der Waals surface area contributed by atoms with E-state index in [4.69, 9.17) is 9.47 Å². The second kappa shape index (κ2) is 7.98. The lowest BCUT2D eigenvalue weighted by molar-refractivity contribution is 0.0943. The third-order valence-electron chi connectivity index (χ3n) is 3.46. The number of carbonyl (C=O) groups excluding carboxylic acids is 2. The Balaban J connectivity index is 2.18. The summed E-state index contributed by atoms with van der Waals surface area (Å²) in [4.78, 5) is 25.5. The molecular formula is C17H18N2O6S. The molecule has 2 rings (SSSR count). The van der Waals surface area contributed by atoms with Crippen molar-refractivity contribution in [3.05, 3.63) is 53.6 Å². The van der Waals surface area contributed by atoms with Gasteiger partial charge < -0.3 is 9.47 Å². The fourth-order valence-corrected chi connectivity index (χ4v) is 2.95. The van der Waals surface area contributed by atoms with Gasteiger partial charge in [-0.1, -0.05) is 12.1 Å². The van der Waals surface area contributed by atoms with Gasteiger partial charge in [-0.2, -0.15) is 0 Å². The maximum atomic E-state index is 12.3. The number of benzene rings is 2. The summed E-state index contributed by atoms with van der Waals surface area (Å²) in [5.74, 6) is -0.207. The summed E-state index contributed by atoms with van der Waals surface area (Å²) in [6.07, 6.45) is 0. The number of hydrazine groups is 1. The van der Waals surface area contributed by atoms with Crippen molar-refractivity contribution < 1.29 is 27.5 Å². The first-order valence-corrected chi connectivity index (χ1v) is 8.91. The van der Waals surface area contributed by atoms with E-state index in [0.717, 1.165) is 0 Å². The minimum absolute atomic E-state index is 0.140. The van der Waals surface area contributed by atoms with Crippen LogP contribution in [0.2, 0.25) is 0 Å². The molecule has 0 spiro atoms. The van der Waals surface area contributed by atoms with Gasteiger partial charge in [-0.25, -0.2) is 8.42 Å². The van der Waals surface area contributed by atoms with Gasteiger partial charge in [-0.15, -0.1) is 4.83 Å². The third-order valence-corrected chi connectivity index (χ3v) is 4.71. The van der Waals surface area contributed by atoms with Crippen molar-refractivity contribution in [3.8, 4) is 11.5 Å². The molecule has 26 heavy (non-hydrogen) atoms. The van der Waals surface area contributed by atoms with E-state index in [1.807, 2.05) is 4.83 Å². The highest BCUT2D eigenvalue weighted by Crippen LogP contribution is 2.22. The molecule has 0 unspecified atom stereocenters. The highest BCUT2D eigenvalue weighted by atomic mass is 32.2. The van der Waals surface area contributed by atoms with E-state index in [1.165, 1.54) is 57.5 Å². The van der Waals surface area contributed by atoms with Crippen molar-refractivity contribution in [1.29, 1.82) is 0 Å². The lowest BCUT2D eigenvalue weighted by Crippen LogP contribution is -2.41. The van der Waals surface area contributed by atoms with Crippen LogP contribution >= 0.6 is 0 Å². The molecule has 2 aromatic carbocycles. The lowest BCUT2D eigenvalue weighted by Gasteiger charge is -2.11. The number of ether oxygens (including phenoxy) is 2. The molecule has 0 saturated carbocycles. The predicted octanol–water partition coefficient (Wildman–Crippen LogP) is 1.53. The molecule has 8 nitrogen and oxygen atoms in total. The fourth-order valence-electron chi connectivity index (χ4n) is 2.07. The summed E-state index contributed by atoms with van der Waals surface area (Å²) < 4.78 is 34.7. The quantitative estimate of drug-likeness (QED) is 0.558. The Morgan fingerprint density at radius 2 is 1.54 bits per heavy atom.